The van der Waals surface area contributed by atoms with Gasteiger partial charge in [0.1, 0.15) is 0 Å². The van der Waals surface area contributed by atoms with E-state index in [1.807, 2.05) is 36.4 Å². The van der Waals surface area contributed by atoms with Crippen molar-refractivity contribution in [2.45, 2.75) is 0 Å². The molecular weight excluding hydrogens is 177 g/mol. The van der Waals surface area contributed by atoms with Gasteiger partial charge in [-0.3, -0.25) is 0 Å². The molecule has 0 saturated heterocycles. The van der Waals surface area contributed by atoms with Gasteiger partial charge in [0.05, 0.1) is 11.0 Å². The van der Waals surface area contributed by atoms with Gasteiger partial charge in [-0.05, 0) is 18.2 Å². The van der Waals surface area contributed by atoms with Crippen LogP contribution in [0.3, 0.4) is 0 Å². The van der Waals surface area contributed by atoms with Crippen LogP contribution < -0.4 is 18.9 Å². The molecule has 0 saturated carbocycles. The van der Waals surface area contributed by atoms with Gasteiger partial charge in [0.25, 0.3) is 0 Å². The molecule has 0 unspecified atom stereocenters. The summed E-state index contributed by atoms with van der Waals surface area (Å²) in [5.74, 6) is 0. The van der Waals surface area contributed by atoms with E-state index in [1.54, 1.807) is 0 Å². The Kier molecular flexibility index (Phi) is 2.77. The van der Waals surface area contributed by atoms with Crippen molar-refractivity contribution in [1.82, 2.24) is 4.98 Å². The van der Waals surface area contributed by atoms with E-state index in [0.717, 1.165) is 11.0 Å². The molecule has 2 heteroatoms. The Morgan fingerprint density at radius 2 is 1.20 bits per heavy atom. The van der Waals surface area contributed by atoms with E-state index in [4.69, 9.17) is 0 Å². The first-order valence-electron chi connectivity index (χ1n) is 4.68. The van der Waals surface area contributed by atoms with Crippen LogP contribution in [0, 0.1) is 0 Å². The van der Waals surface area contributed by atoms with E-state index < -0.39 is 0 Å². The summed E-state index contributed by atoms with van der Waals surface area (Å²) in [6.45, 7) is 0. The van der Waals surface area contributed by atoms with E-state index in [1.165, 1.54) is 10.8 Å². The predicted octanol–water partition coefficient (Wildman–Crippen LogP) is 0.504. The summed E-state index contributed by atoms with van der Waals surface area (Å²) in [6, 6.07) is 18.6. The Labute approximate surface area is 102 Å². The van der Waals surface area contributed by atoms with Gasteiger partial charge in [0.15, 0.2) is 0 Å². The number of pyridine rings is 1. The maximum atomic E-state index is 4.58. The summed E-state index contributed by atoms with van der Waals surface area (Å²) in [4.78, 5) is 4.58. The van der Waals surface area contributed by atoms with Crippen LogP contribution >= 0.6 is 0 Å². The molecule has 2 aromatic carbocycles. The van der Waals surface area contributed by atoms with Gasteiger partial charge in [-0.1, -0.05) is 36.4 Å². The van der Waals surface area contributed by atoms with Crippen molar-refractivity contribution in [2.24, 2.45) is 0 Å². The van der Waals surface area contributed by atoms with Crippen molar-refractivity contribution in [3.05, 3.63) is 54.6 Å². The number of benzene rings is 2. The normalized spacial score (nSPS) is 10.1. The second-order valence-electron chi connectivity index (χ2n) is 3.37. The maximum Gasteiger partial charge on any atom is 1.00 e. The van der Waals surface area contributed by atoms with E-state index >= 15 is 0 Å². The van der Waals surface area contributed by atoms with Crippen molar-refractivity contribution in [3.8, 4) is 0 Å². The van der Waals surface area contributed by atoms with E-state index in [2.05, 4.69) is 23.2 Å². The average Bonchev–Trinajstić information content (AvgIpc) is 2.26. The quantitative estimate of drug-likeness (QED) is 0.369. The Morgan fingerprint density at radius 3 is 1.73 bits per heavy atom. The van der Waals surface area contributed by atoms with Gasteiger partial charge in [-0.25, -0.2) is 4.98 Å². The molecule has 0 aliphatic carbocycles. The first-order chi connectivity index (χ1) is 6.93. The van der Waals surface area contributed by atoms with Crippen LogP contribution in [0.1, 0.15) is 1.43 Å². The first-order valence-corrected chi connectivity index (χ1v) is 4.68. The van der Waals surface area contributed by atoms with Crippen LogP contribution in [0.25, 0.3) is 21.8 Å². The average molecular weight is 187 g/mol. The summed E-state index contributed by atoms with van der Waals surface area (Å²) in [7, 11) is 0. The van der Waals surface area contributed by atoms with Crippen molar-refractivity contribution in [2.75, 3.05) is 0 Å². The maximum absolute atomic E-state index is 4.58. The van der Waals surface area contributed by atoms with Crippen LogP contribution in [0.5, 0.6) is 0 Å². The SMILES string of the molecule is [H-].[Li+].c1ccc2nc3ccccc3cc2c1. The second-order valence-corrected chi connectivity index (χ2v) is 3.37. The van der Waals surface area contributed by atoms with E-state index in [9.17, 15) is 0 Å². The van der Waals surface area contributed by atoms with Crippen LogP contribution in [0.2, 0.25) is 0 Å². The summed E-state index contributed by atoms with van der Waals surface area (Å²) >= 11 is 0. The third-order valence-electron chi connectivity index (χ3n) is 2.43. The summed E-state index contributed by atoms with van der Waals surface area (Å²) < 4.78 is 0. The first kappa shape index (κ1) is 10.2. The number of fused-ring (bicyclic) bond motifs is 2. The molecule has 0 aliphatic rings. The van der Waals surface area contributed by atoms with Gasteiger partial charge in [0.2, 0.25) is 0 Å². The van der Waals surface area contributed by atoms with Gasteiger partial charge < -0.3 is 1.43 Å². The molecule has 1 heterocycles. The fourth-order valence-electron chi connectivity index (χ4n) is 1.72. The molecular formula is C13H10LiN. The number of nitrogens with zero attached hydrogens (tertiary/aromatic N) is 1. The molecule has 3 aromatic rings. The number of rotatable bonds is 0. The minimum Gasteiger partial charge on any atom is -1.00 e. The third kappa shape index (κ3) is 1.77. The molecule has 0 aliphatic heterocycles. The molecule has 0 radical (unpaired) electrons. The third-order valence-corrected chi connectivity index (χ3v) is 2.43. The van der Waals surface area contributed by atoms with Gasteiger partial charge in [0, 0.05) is 10.8 Å². The van der Waals surface area contributed by atoms with Crippen molar-refractivity contribution in [3.63, 3.8) is 0 Å². The molecule has 1 aromatic heterocycles. The molecule has 15 heavy (non-hydrogen) atoms. The van der Waals surface area contributed by atoms with Gasteiger partial charge in [-0.2, -0.15) is 0 Å². The Bertz CT molecular complexity index is 505. The summed E-state index contributed by atoms with van der Waals surface area (Å²) in [5, 5.41) is 2.40. The number of para-hydroxylation sites is 2. The topological polar surface area (TPSA) is 12.9 Å². The second kappa shape index (κ2) is 4.06. The zero-order valence-electron chi connectivity index (χ0n) is 9.64. The van der Waals surface area contributed by atoms with Crippen LogP contribution in [-0.4, -0.2) is 4.98 Å². The smallest absolute Gasteiger partial charge is 1.00 e. The van der Waals surface area contributed by atoms with Crippen LogP contribution in [0.4, 0.5) is 0 Å². The van der Waals surface area contributed by atoms with Gasteiger partial charge in [-0.15, -0.1) is 0 Å². The molecule has 0 bridgehead atoms. The minimum atomic E-state index is 0. The number of aromatic nitrogens is 1. The zero-order chi connectivity index (χ0) is 9.38. The molecule has 0 spiro atoms. The standard InChI is InChI=1S/C13H9N.Li.H/c1-3-7-12-10(5-1)9-11-6-2-4-8-13(11)14-12;;/h1-9H;;/q;+1;-1. The van der Waals surface area contributed by atoms with Gasteiger partial charge >= 0.3 is 18.9 Å². The van der Waals surface area contributed by atoms with Crippen molar-refractivity contribution < 1.29 is 20.3 Å². The van der Waals surface area contributed by atoms with Crippen molar-refractivity contribution in [1.29, 1.82) is 0 Å². The molecule has 3 rings (SSSR count). The minimum absolute atomic E-state index is 0. The number of hydrogen-bond donors (Lipinski definition) is 0. The summed E-state index contributed by atoms with van der Waals surface area (Å²) in [6.07, 6.45) is 0. The molecule has 0 fully saturated rings. The van der Waals surface area contributed by atoms with E-state index in [-0.39, 0.29) is 20.3 Å². The Morgan fingerprint density at radius 1 is 0.733 bits per heavy atom. The van der Waals surface area contributed by atoms with Crippen molar-refractivity contribution >= 4 is 21.8 Å². The monoisotopic (exact) mass is 187 g/mol. The molecule has 0 amide bonds. The largest absolute Gasteiger partial charge is 1.00 e. The number of hydrogen-bond acceptors (Lipinski definition) is 1. The predicted molar refractivity (Wildman–Crippen MR) is 60.4 cm³/mol. The molecule has 0 atom stereocenters. The summed E-state index contributed by atoms with van der Waals surface area (Å²) in [5.41, 5.74) is 2.12. The molecule has 68 valence electrons. The fraction of sp³-hybridized carbons (Fsp3) is 0. The Hall–Kier alpha value is -1.29. The zero-order valence-corrected chi connectivity index (χ0v) is 8.64. The molecule has 0 N–H and O–H groups in total. The molecule has 1 nitrogen and oxygen atoms in total. The fourth-order valence-corrected chi connectivity index (χ4v) is 1.72. The van der Waals surface area contributed by atoms with E-state index in [0.29, 0.717) is 0 Å². The Balaban J connectivity index is 0.000000640. The van der Waals surface area contributed by atoms with Crippen LogP contribution in [0.15, 0.2) is 54.6 Å². The van der Waals surface area contributed by atoms with Crippen LogP contribution in [-0.2, 0) is 0 Å².